The lowest BCUT2D eigenvalue weighted by atomic mass is 10.2. The lowest BCUT2D eigenvalue weighted by molar-refractivity contribution is 0.702. The van der Waals surface area contributed by atoms with Crippen molar-refractivity contribution < 1.29 is 0 Å². The van der Waals surface area contributed by atoms with Crippen LogP contribution in [-0.4, -0.2) is 0 Å². The molecule has 0 amide bonds. The Bertz CT molecular complexity index is 86.2. The summed E-state index contributed by atoms with van der Waals surface area (Å²) >= 11 is 0. The topological polar surface area (TPSA) is 0 Å². The van der Waals surface area contributed by atoms with Crippen LogP contribution in [0.15, 0.2) is 24.8 Å². The molecule has 0 aliphatic carbocycles. The molecule has 0 heterocycles. The zero-order valence-electron chi connectivity index (χ0n) is 8.97. The minimum Gasteiger partial charge on any atom is -0.0991 e. The molecule has 0 saturated carbocycles. The van der Waals surface area contributed by atoms with Gasteiger partial charge in [0.25, 0.3) is 0 Å². The molecule has 12 heavy (non-hydrogen) atoms. The van der Waals surface area contributed by atoms with Crippen LogP contribution in [0.5, 0.6) is 0 Å². The Morgan fingerprint density at radius 1 is 1.00 bits per heavy atom. The number of hydrogen-bond donors (Lipinski definition) is 0. The first-order chi connectivity index (χ1) is 5.83. The van der Waals surface area contributed by atoms with Crippen molar-refractivity contribution in [1.29, 1.82) is 0 Å². The van der Waals surface area contributed by atoms with Gasteiger partial charge >= 0.3 is 0 Å². The van der Waals surface area contributed by atoms with Gasteiger partial charge in [-0.25, -0.2) is 0 Å². The maximum atomic E-state index is 3.51. The highest BCUT2D eigenvalue weighted by Crippen LogP contribution is 1.95. The zero-order valence-corrected chi connectivity index (χ0v) is 8.97. The fourth-order valence-electron chi connectivity index (χ4n) is 0.732. The molecule has 0 heteroatoms. The van der Waals surface area contributed by atoms with Crippen LogP contribution >= 0.6 is 0 Å². The highest BCUT2D eigenvalue weighted by atomic mass is 13.8. The minimum atomic E-state index is 1.10. The Morgan fingerprint density at radius 2 is 1.50 bits per heavy atom. The van der Waals surface area contributed by atoms with Crippen molar-refractivity contribution in [2.24, 2.45) is 0 Å². The van der Waals surface area contributed by atoms with E-state index in [0.717, 1.165) is 6.42 Å². The van der Waals surface area contributed by atoms with Crippen molar-refractivity contribution in [2.45, 2.75) is 52.9 Å². The van der Waals surface area contributed by atoms with Crippen molar-refractivity contribution in [1.82, 2.24) is 0 Å². The molecule has 0 fully saturated rings. The van der Waals surface area contributed by atoms with Crippen molar-refractivity contribution in [3.05, 3.63) is 24.8 Å². The molecule has 0 aromatic carbocycles. The molecule has 0 aromatic rings. The summed E-state index contributed by atoms with van der Waals surface area (Å²) < 4.78 is 0. The van der Waals surface area contributed by atoms with Crippen LogP contribution in [-0.2, 0) is 0 Å². The summed E-state index contributed by atoms with van der Waals surface area (Å²) in [7, 11) is 0. The monoisotopic (exact) mass is 168 g/mol. The highest BCUT2D eigenvalue weighted by Gasteiger charge is 1.75. The van der Waals surface area contributed by atoms with Crippen LogP contribution < -0.4 is 0 Å². The van der Waals surface area contributed by atoms with Gasteiger partial charge in [0, 0.05) is 0 Å². The van der Waals surface area contributed by atoms with Gasteiger partial charge in [-0.05, 0) is 6.42 Å². The van der Waals surface area contributed by atoms with Crippen molar-refractivity contribution in [3.8, 4) is 0 Å². The van der Waals surface area contributed by atoms with Crippen molar-refractivity contribution in [2.75, 3.05) is 0 Å². The van der Waals surface area contributed by atoms with E-state index in [2.05, 4.69) is 33.4 Å². The molecule has 72 valence electrons. The second-order valence-electron chi connectivity index (χ2n) is 2.78. The van der Waals surface area contributed by atoms with E-state index in [-0.39, 0.29) is 0 Å². The average Bonchev–Trinajstić information content (AvgIpc) is 2.12. The molecule has 0 N–H and O–H groups in total. The first-order valence-electron chi connectivity index (χ1n) is 5.10. The fourth-order valence-corrected chi connectivity index (χ4v) is 0.732. The second-order valence-corrected chi connectivity index (χ2v) is 2.78. The van der Waals surface area contributed by atoms with Crippen LogP contribution in [0, 0.1) is 0 Å². The van der Waals surface area contributed by atoms with Crippen LogP contribution in [0.2, 0.25) is 0 Å². The molecule has 0 aliphatic rings. The molecule has 0 aliphatic heterocycles. The van der Waals surface area contributed by atoms with Gasteiger partial charge in [0.05, 0.1) is 0 Å². The highest BCUT2D eigenvalue weighted by molar-refractivity contribution is 4.96. The minimum absolute atomic E-state index is 1.10. The molecule has 0 saturated heterocycles. The standard InChI is InChI=1S/C6H14.C6H10/c2*1-3-5-6-4-2/h3-6H2,1-2H3;3,5-6H,1,4H2,2H3. The third-order valence-corrected chi connectivity index (χ3v) is 1.46. The molecule has 0 rings (SSSR count). The van der Waals surface area contributed by atoms with Crippen LogP contribution in [0.1, 0.15) is 52.9 Å². The van der Waals surface area contributed by atoms with Gasteiger partial charge in [-0.3, -0.25) is 0 Å². The van der Waals surface area contributed by atoms with E-state index in [0.29, 0.717) is 0 Å². The molecular weight excluding hydrogens is 144 g/mol. The second kappa shape index (κ2) is 16.8. The average molecular weight is 168 g/mol. The van der Waals surface area contributed by atoms with Gasteiger partial charge in [-0.2, -0.15) is 0 Å². The summed E-state index contributed by atoms with van der Waals surface area (Å²) in [6.45, 7) is 10.1. The molecule has 0 atom stereocenters. The molecule has 0 spiro atoms. The Morgan fingerprint density at radius 3 is 1.67 bits per heavy atom. The predicted octanol–water partition coefficient (Wildman–Crippen LogP) is 4.73. The van der Waals surface area contributed by atoms with Crippen LogP contribution in [0.4, 0.5) is 0 Å². The summed E-state index contributed by atoms with van der Waals surface area (Å²) in [6.07, 6.45) is 12.4. The van der Waals surface area contributed by atoms with Gasteiger partial charge in [-0.15, -0.1) is 0 Å². The molecule has 0 nitrogen and oxygen atoms in total. The molecule has 0 bridgehead atoms. The summed E-state index contributed by atoms with van der Waals surface area (Å²) in [5, 5.41) is 0. The fraction of sp³-hybridized carbons (Fsp3) is 0.667. The van der Waals surface area contributed by atoms with E-state index in [1.54, 1.807) is 6.08 Å². The molecule has 0 aromatic heterocycles. The van der Waals surface area contributed by atoms with E-state index >= 15 is 0 Å². The number of unbranched alkanes of at least 4 members (excludes halogenated alkanes) is 3. The third kappa shape index (κ3) is 22.7. The smallest absolute Gasteiger partial charge is 0.0376 e. The Kier molecular flexibility index (Phi) is 19.7. The number of hydrogen-bond acceptors (Lipinski definition) is 0. The quantitative estimate of drug-likeness (QED) is 0.411. The first kappa shape index (κ1) is 14.0. The zero-order chi connectivity index (χ0) is 9.66. The summed E-state index contributed by atoms with van der Waals surface area (Å²) in [5.74, 6) is 0. The van der Waals surface area contributed by atoms with E-state index in [9.17, 15) is 0 Å². The Labute approximate surface area is 78.4 Å². The third-order valence-electron chi connectivity index (χ3n) is 1.46. The molecule has 0 radical (unpaired) electrons. The molecule has 0 unspecified atom stereocenters. The van der Waals surface area contributed by atoms with Crippen LogP contribution in [0.25, 0.3) is 0 Å². The van der Waals surface area contributed by atoms with E-state index in [1.807, 2.05) is 6.08 Å². The van der Waals surface area contributed by atoms with Crippen LogP contribution in [0.3, 0.4) is 0 Å². The Hall–Kier alpha value is -0.520. The van der Waals surface area contributed by atoms with Gasteiger partial charge in [0.1, 0.15) is 0 Å². The van der Waals surface area contributed by atoms with Gasteiger partial charge < -0.3 is 0 Å². The maximum Gasteiger partial charge on any atom is -0.0376 e. The number of allylic oxidation sites excluding steroid dienone is 3. The maximum absolute atomic E-state index is 3.51. The number of rotatable bonds is 5. The van der Waals surface area contributed by atoms with Gasteiger partial charge in [-0.1, -0.05) is 71.3 Å². The molecular formula is C12H24. The van der Waals surface area contributed by atoms with E-state index < -0.39 is 0 Å². The predicted molar refractivity (Wildman–Crippen MR) is 59.4 cm³/mol. The normalized spacial score (nSPS) is 9.25. The van der Waals surface area contributed by atoms with E-state index in [4.69, 9.17) is 0 Å². The van der Waals surface area contributed by atoms with Gasteiger partial charge in [0.15, 0.2) is 0 Å². The first-order valence-corrected chi connectivity index (χ1v) is 5.10. The summed E-state index contributed by atoms with van der Waals surface area (Å²) in [6, 6.07) is 0. The summed E-state index contributed by atoms with van der Waals surface area (Å²) in [4.78, 5) is 0. The van der Waals surface area contributed by atoms with Gasteiger partial charge in [0.2, 0.25) is 0 Å². The van der Waals surface area contributed by atoms with Crippen molar-refractivity contribution in [3.63, 3.8) is 0 Å². The Balaban J connectivity index is 0. The lowest BCUT2D eigenvalue weighted by Gasteiger charge is -1.86. The summed E-state index contributed by atoms with van der Waals surface area (Å²) in [5.41, 5.74) is 0. The largest absolute Gasteiger partial charge is 0.0991 e. The SMILES string of the molecule is C=CC=CCC.CCCCCC. The lowest BCUT2D eigenvalue weighted by Crippen LogP contribution is -1.66. The van der Waals surface area contributed by atoms with Crippen molar-refractivity contribution >= 4 is 0 Å². The van der Waals surface area contributed by atoms with E-state index in [1.165, 1.54) is 25.7 Å².